The number of hydrogen-bond donors (Lipinski definition) is 1. The Hall–Kier alpha value is -1.10. The number of carbonyl (C=O) groups excluding carboxylic acids is 1. The first-order chi connectivity index (χ1) is 11.1. The maximum Gasteiger partial charge on any atom is 0.226 e. The van der Waals surface area contributed by atoms with Gasteiger partial charge in [-0.05, 0) is 49.8 Å². The fraction of sp³-hybridized carbons (Fsp3) is 0.611. The Balaban J connectivity index is 1.73. The zero-order valence-corrected chi connectivity index (χ0v) is 14.0. The molecule has 1 aromatic carbocycles. The Kier molecular flexibility index (Phi) is 5.57. The number of carbonyl (C=O) groups is 1. The summed E-state index contributed by atoms with van der Waals surface area (Å²) in [6.07, 6.45) is 3.43. The lowest BCUT2D eigenvalue weighted by Crippen LogP contribution is -2.54. The minimum Gasteiger partial charge on any atom is -0.391 e. The van der Waals surface area contributed by atoms with Gasteiger partial charge in [0.05, 0.1) is 12.1 Å². The van der Waals surface area contributed by atoms with Crippen LogP contribution in [-0.2, 0) is 16.0 Å². The third kappa shape index (κ3) is 4.06. The Labute approximate surface area is 142 Å². The maximum atomic E-state index is 12.9. The second kappa shape index (κ2) is 7.65. The van der Waals surface area contributed by atoms with Crippen LogP contribution in [0.1, 0.15) is 31.2 Å². The molecule has 126 valence electrons. The van der Waals surface area contributed by atoms with Gasteiger partial charge in [-0.1, -0.05) is 23.7 Å². The van der Waals surface area contributed by atoms with Crippen LogP contribution in [-0.4, -0.2) is 47.8 Å². The van der Waals surface area contributed by atoms with Crippen molar-refractivity contribution >= 4 is 17.5 Å². The minimum atomic E-state index is -0.455. The number of piperidine rings is 1. The first kappa shape index (κ1) is 16.7. The van der Waals surface area contributed by atoms with Crippen molar-refractivity contribution in [1.29, 1.82) is 0 Å². The second-order valence-corrected chi connectivity index (χ2v) is 6.96. The van der Waals surface area contributed by atoms with E-state index in [9.17, 15) is 9.90 Å². The van der Waals surface area contributed by atoms with Crippen LogP contribution < -0.4 is 0 Å². The lowest BCUT2D eigenvalue weighted by molar-refractivity contribution is -0.146. The molecule has 0 saturated carbocycles. The summed E-state index contributed by atoms with van der Waals surface area (Å²) < 4.78 is 5.36. The number of hydrogen-bond acceptors (Lipinski definition) is 3. The number of likely N-dealkylation sites (tertiary alicyclic amines) is 1. The van der Waals surface area contributed by atoms with E-state index in [1.165, 1.54) is 0 Å². The summed E-state index contributed by atoms with van der Waals surface area (Å²) in [6, 6.07) is 7.52. The summed E-state index contributed by atoms with van der Waals surface area (Å²) in [5.41, 5.74) is 1.10. The zero-order chi connectivity index (χ0) is 16.2. The van der Waals surface area contributed by atoms with E-state index in [-0.39, 0.29) is 17.9 Å². The molecule has 1 amide bonds. The first-order valence-electron chi connectivity index (χ1n) is 8.46. The highest BCUT2D eigenvalue weighted by molar-refractivity contribution is 6.30. The average Bonchev–Trinajstić information content (AvgIpc) is 2.59. The molecule has 2 fully saturated rings. The van der Waals surface area contributed by atoms with Crippen molar-refractivity contribution in [2.75, 3.05) is 19.8 Å². The van der Waals surface area contributed by atoms with Gasteiger partial charge >= 0.3 is 0 Å². The topological polar surface area (TPSA) is 49.8 Å². The Bertz CT molecular complexity index is 528. The van der Waals surface area contributed by atoms with Crippen molar-refractivity contribution in [3.63, 3.8) is 0 Å². The molecule has 2 atom stereocenters. The van der Waals surface area contributed by atoms with E-state index < -0.39 is 6.10 Å². The number of halogens is 1. The van der Waals surface area contributed by atoms with Gasteiger partial charge in [0.15, 0.2) is 0 Å². The molecule has 0 aromatic heterocycles. The van der Waals surface area contributed by atoms with Crippen molar-refractivity contribution in [3.05, 3.63) is 34.9 Å². The molecule has 0 spiro atoms. The van der Waals surface area contributed by atoms with Crippen molar-refractivity contribution < 1.29 is 14.6 Å². The Morgan fingerprint density at radius 3 is 2.61 bits per heavy atom. The molecule has 0 unspecified atom stereocenters. The highest BCUT2D eigenvalue weighted by atomic mass is 35.5. The smallest absolute Gasteiger partial charge is 0.226 e. The van der Waals surface area contributed by atoms with Gasteiger partial charge < -0.3 is 14.7 Å². The molecular formula is C18H24ClNO3. The molecule has 2 heterocycles. The summed E-state index contributed by atoms with van der Waals surface area (Å²) in [5, 5.41) is 11.2. The fourth-order valence-corrected chi connectivity index (χ4v) is 3.72. The molecule has 2 saturated heterocycles. The monoisotopic (exact) mass is 337 g/mol. The minimum absolute atomic E-state index is 0.0433. The molecule has 3 rings (SSSR count). The quantitative estimate of drug-likeness (QED) is 0.922. The molecule has 0 bridgehead atoms. The molecule has 4 nitrogen and oxygen atoms in total. The number of aliphatic hydroxyl groups is 1. The van der Waals surface area contributed by atoms with Crippen LogP contribution in [0.5, 0.6) is 0 Å². The van der Waals surface area contributed by atoms with Crippen molar-refractivity contribution in [2.45, 2.75) is 44.2 Å². The predicted octanol–water partition coefficient (Wildman–Crippen LogP) is 2.66. The molecule has 2 aliphatic heterocycles. The lowest BCUT2D eigenvalue weighted by atomic mass is 9.90. The van der Waals surface area contributed by atoms with Gasteiger partial charge in [-0.25, -0.2) is 0 Å². The summed E-state index contributed by atoms with van der Waals surface area (Å²) >= 11 is 5.94. The van der Waals surface area contributed by atoms with Crippen LogP contribution in [0.25, 0.3) is 0 Å². The van der Waals surface area contributed by atoms with E-state index >= 15 is 0 Å². The van der Waals surface area contributed by atoms with E-state index in [0.717, 1.165) is 37.8 Å². The molecule has 5 heteroatoms. The SMILES string of the molecule is O=C(C1CCOCC1)N1CCC[C@H](O)[C@@H]1Cc1ccc(Cl)cc1. The van der Waals surface area contributed by atoms with Crippen LogP contribution in [0.15, 0.2) is 24.3 Å². The standard InChI is InChI=1S/C18H24ClNO3/c19-15-5-3-13(4-6-15)12-16-17(21)2-1-9-20(16)18(22)14-7-10-23-11-8-14/h3-6,14,16-17,21H,1-2,7-12H2/t16-,17-/m0/s1. The normalized spacial score (nSPS) is 26.3. The number of benzene rings is 1. The molecular weight excluding hydrogens is 314 g/mol. The highest BCUT2D eigenvalue weighted by Crippen LogP contribution is 2.26. The average molecular weight is 338 g/mol. The van der Waals surface area contributed by atoms with E-state index in [1.807, 2.05) is 29.2 Å². The molecule has 0 radical (unpaired) electrons. The number of ether oxygens (including phenoxy) is 1. The molecule has 0 aliphatic carbocycles. The molecule has 1 aromatic rings. The van der Waals surface area contributed by atoms with Gasteiger partial charge in [0, 0.05) is 30.7 Å². The van der Waals surface area contributed by atoms with Gasteiger partial charge in [-0.2, -0.15) is 0 Å². The second-order valence-electron chi connectivity index (χ2n) is 6.53. The van der Waals surface area contributed by atoms with Crippen molar-refractivity contribution in [1.82, 2.24) is 4.90 Å². The Morgan fingerprint density at radius 1 is 1.22 bits per heavy atom. The third-order valence-corrected chi connectivity index (χ3v) is 5.21. The van der Waals surface area contributed by atoms with Gasteiger partial charge in [0.2, 0.25) is 5.91 Å². The van der Waals surface area contributed by atoms with Crippen LogP contribution in [0.3, 0.4) is 0 Å². The summed E-state index contributed by atoms with van der Waals surface area (Å²) in [6.45, 7) is 2.06. The van der Waals surface area contributed by atoms with Crippen LogP contribution in [0.4, 0.5) is 0 Å². The number of amides is 1. The first-order valence-corrected chi connectivity index (χ1v) is 8.83. The largest absolute Gasteiger partial charge is 0.391 e. The van der Waals surface area contributed by atoms with Crippen LogP contribution in [0.2, 0.25) is 5.02 Å². The number of aliphatic hydroxyl groups excluding tert-OH is 1. The summed E-state index contributed by atoms with van der Waals surface area (Å²) in [4.78, 5) is 14.8. The van der Waals surface area contributed by atoms with Gasteiger partial charge in [-0.3, -0.25) is 4.79 Å². The number of rotatable bonds is 3. The highest BCUT2D eigenvalue weighted by Gasteiger charge is 2.36. The van der Waals surface area contributed by atoms with Crippen molar-refractivity contribution in [2.24, 2.45) is 5.92 Å². The fourth-order valence-electron chi connectivity index (χ4n) is 3.60. The van der Waals surface area contributed by atoms with E-state index in [4.69, 9.17) is 16.3 Å². The summed E-state index contributed by atoms with van der Waals surface area (Å²) in [7, 11) is 0. The summed E-state index contributed by atoms with van der Waals surface area (Å²) in [5.74, 6) is 0.229. The third-order valence-electron chi connectivity index (χ3n) is 4.96. The van der Waals surface area contributed by atoms with E-state index in [0.29, 0.717) is 24.7 Å². The van der Waals surface area contributed by atoms with Crippen LogP contribution in [0, 0.1) is 5.92 Å². The van der Waals surface area contributed by atoms with E-state index in [1.54, 1.807) is 0 Å². The van der Waals surface area contributed by atoms with Gasteiger partial charge in [-0.15, -0.1) is 0 Å². The maximum absolute atomic E-state index is 12.9. The van der Waals surface area contributed by atoms with E-state index in [2.05, 4.69) is 0 Å². The van der Waals surface area contributed by atoms with Crippen molar-refractivity contribution in [3.8, 4) is 0 Å². The molecule has 23 heavy (non-hydrogen) atoms. The lowest BCUT2D eigenvalue weighted by Gasteiger charge is -2.41. The molecule has 1 N–H and O–H groups in total. The zero-order valence-electron chi connectivity index (χ0n) is 13.3. The molecule has 2 aliphatic rings. The van der Waals surface area contributed by atoms with Gasteiger partial charge in [0.1, 0.15) is 0 Å². The Morgan fingerprint density at radius 2 is 1.91 bits per heavy atom. The van der Waals surface area contributed by atoms with Crippen LogP contribution >= 0.6 is 11.6 Å². The number of nitrogens with zero attached hydrogens (tertiary/aromatic N) is 1. The predicted molar refractivity (Wildman–Crippen MR) is 89.4 cm³/mol. The van der Waals surface area contributed by atoms with Gasteiger partial charge in [0.25, 0.3) is 0 Å².